The van der Waals surface area contributed by atoms with Crippen LogP contribution in [0.15, 0.2) is 40.8 Å². The molecule has 3 nitrogen and oxygen atoms in total. The minimum absolute atomic E-state index is 0. The third-order valence-electron chi connectivity index (χ3n) is 3.59. The van der Waals surface area contributed by atoms with Crippen LogP contribution in [0.2, 0.25) is 0 Å². The lowest BCUT2D eigenvalue weighted by molar-refractivity contribution is -0.120. The van der Waals surface area contributed by atoms with Crippen LogP contribution < -0.4 is 10.6 Å². The van der Waals surface area contributed by atoms with Crippen LogP contribution in [0.4, 0.5) is 0 Å². The number of fused-ring (bicyclic) bond motifs is 1. The van der Waals surface area contributed by atoms with Gasteiger partial charge in [-0.05, 0) is 31.0 Å². The lowest BCUT2D eigenvalue weighted by atomic mass is 10.1. The highest BCUT2D eigenvalue weighted by molar-refractivity contribution is 8.01. The summed E-state index contributed by atoms with van der Waals surface area (Å²) < 4.78 is 0. The van der Waals surface area contributed by atoms with Gasteiger partial charge in [0.2, 0.25) is 5.91 Å². The van der Waals surface area contributed by atoms with Gasteiger partial charge in [0.1, 0.15) is 0 Å². The fourth-order valence-electron chi connectivity index (χ4n) is 2.47. The highest BCUT2D eigenvalue weighted by atomic mass is 35.5. The maximum atomic E-state index is 12.2. The standard InChI is InChI=1S/C15H18N2OS.ClH/c18-15(17-10-11-5-7-16-8-6-11)14-9-12-3-1-2-4-13(12)19-14;/h1-5,14,16H,6-10H2,(H,17,18);1H. The van der Waals surface area contributed by atoms with Crippen molar-refractivity contribution in [2.45, 2.75) is 23.0 Å². The van der Waals surface area contributed by atoms with Crippen molar-refractivity contribution >= 4 is 30.1 Å². The van der Waals surface area contributed by atoms with Gasteiger partial charge in [-0.15, -0.1) is 24.2 Å². The summed E-state index contributed by atoms with van der Waals surface area (Å²) >= 11 is 1.69. The molecule has 0 saturated heterocycles. The normalized spacial score (nSPS) is 20.6. The van der Waals surface area contributed by atoms with Gasteiger partial charge in [0.05, 0.1) is 5.25 Å². The van der Waals surface area contributed by atoms with Gasteiger partial charge in [-0.25, -0.2) is 0 Å². The predicted octanol–water partition coefficient (Wildman–Crippen LogP) is 2.16. The maximum Gasteiger partial charge on any atom is 0.234 e. The van der Waals surface area contributed by atoms with E-state index in [2.05, 4.69) is 28.8 Å². The number of halogens is 1. The first-order valence-corrected chi connectivity index (χ1v) is 7.62. The second-order valence-corrected chi connectivity index (χ2v) is 6.20. The van der Waals surface area contributed by atoms with Crippen LogP contribution in [0.3, 0.4) is 0 Å². The second kappa shape index (κ2) is 7.16. The molecule has 5 heteroatoms. The molecule has 1 amide bonds. The van der Waals surface area contributed by atoms with Gasteiger partial charge in [0.25, 0.3) is 0 Å². The van der Waals surface area contributed by atoms with Gasteiger partial charge in [0.15, 0.2) is 0 Å². The van der Waals surface area contributed by atoms with Gasteiger partial charge in [0, 0.05) is 18.0 Å². The van der Waals surface area contributed by atoms with E-state index in [1.54, 1.807) is 11.8 Å². The summed E-state index contributed by atoms with van der Waals surface area (Å²) in [4.78, 5) is 13.4. The van der Waals surface area contributed by atoms with Crippen LogP contribution in [0.5, 0.6) is 0 Å². The molecule has 1 atom stereocenters. The Hall–Kier alpha value is -0.970. The van der Waals surface area contributed by atoms with E-state index in [0.29, 0.717) is 6.54 Å². The summed E-state index contributed by atoms with van der Waals surface area (Å²) in [6.07, 6.45) is 4.08. The van der Waals surface area contributed by atoms with Crippen molar-refractivity contribution < 1.29 is 4.79 Å². The molecule has 2 aliphatic rings. The lowest BCUT2D eigenvalue weighted by Crippen LogP contribution is -2.35. The number of amides is 1. The van der Waals surface area contributed by atoms with Gasteiger partial charge >= 0.3 is 0 Å². The van der Waals surface area contributed by atoms with Crippen molar-refractivity contribution in [3.8, 4) is 0 Å². The number of thioether (sulfide) groups is 1. The third-order valence-corrected chi connectivity index (χ3v) is 4.90. The molecular formula is C15H19ClN2OS. The Balaban J connectivity index is 0.00000147. The smallest absolute Gasteiger partial charge is 0.234 e. The monoisotopic (exact) mass is 310 g/mol. The molecule has 20 heavy (non-hydrogen) atoms. The zero-order valence-electron chi connectivity index (χ0n) is 11.2. The molecule has 0 spiro atoms. The van der Waals surface area contributed by atoms with Crippen LogP contribution in [-0.4, -0.2) is 30.8 Å². The van der Waals surface area contributed by atoms with E-state index in [4.69, 9.17) is 0 Å². The summed E-state index contributed by atoms with van der Waals surface area (Å²) in [5.41, 5.74) is 2.64. The first-order chi connectivity index (χ1) is 9.33. The largest absolute Gasteiger partial charge is 0.351 e. The van der Waals surface area contributed by atoms with Crippen molar-refractivity contribution in [2.75, 3.05) is 19.6 Å². The van der Waals surface area contributed by atoms with Crippen molar-refractivity contribution in [3.63, 3.8) is 0 Å². The van der Waals surface area contributed by atoms with E-state index >= 15 is 0 Å². The van der Waals surface area contributed by atoms with Crippen LogP contribution in [0.1, 0.15) is 12.0 Å². The van der Waals surface area contributed by atoms with Crippen molar-refractivity contribution in [3.05, 3.63) is 41.5 Å². The van der Waals surface area contributed by atoms with Crippen LogP contribution in [0, 0.1) is 0 Å². The molecule has 108 valence electrons. The second-order valence-electron chi connectivity index (χ2n) is 4.95. The summed E-state index contributed by atoms with van der Waals surface area (Å²) in [5, 5.41) is 6.39. The summed E-state index contributed by atoms with van der Waals surface area (Å²) in [6.45, 7) is 2.65. The molecule has 2 heterocycles. The Bertz CT molecular complexity index is 493. The van der Waals surface area contributed by atoms with E-state index in [-0.39, 0.29) is 23.6 Å². The molecule has 3 rings (SSSR count). The van der Waals surface area contributed by atoms with E-state index in [1.807, 2.05) is 12.1 Å². The van der Waals surface area contributed by atoms with E-state index in [0.717, 1.165) is 25.9 Å². The Labute approximate surface area is 130 Å². The first kappa shape index (κ1) is 15.4. The molecule has 2 N–H and O–H groups in total. The summed E-state index contributed by atoms with van der Waals surface area (Å²) in [7, 11) is 0. The predicted molar refractivity (Wildman–Crippen MR) is 85.6 cm³/mol. The van der Waals surface area contributed by atoms with Gasteiger partial charge in [-0.1, -0.05) is 29.8 Å². The van der Waals surface area contributed by atoms with Crippen molar-refractivity contribution in [1.82, 2.24) is 10.6 Å². The Kier molecular flexibility index (Phi) is 5.52. The molecule has 0 aliphatic carbocycles. The molecule has 0 fully saturated rings. The highest BCUT2D eigenvalue weighted by Gasteiger charge is 2.27. The zero-order chi connectivity index (χ0) is 13.1. The molecule has 0 bridgehead atoms. The molecule has 1 unspecified atom stereocenters. The Morgan fingerprint density at radius 3 is 3.00 bits per heavy atom. The zero-order valence-corrected chi connectivity index (χ0v) is 12.9. The summed E-state index contributed by atoms with van der Waals surface area (Å²) in [5.74, 6) is 0.167. The van der Waals surface area contributed by atoms with Crippen LogP contribution >= 0.6 is 24.2 Å². The van der Waals surface area contributed by atoms with Crippen LogP contribution in [-0.2, 0) is 11.2 Å². The minimum atomic E-state index is 0. The summed E-state index contributed by atoms with van der Waals surface area (Å²) in [6, 6.07) is 8.29. The Morgan fingerprint density at radius 1 is 1.40 bits per heavy atom. The van der Waals surface area contributed by atoms with Crippen LogP contribution in [0.25, 0.3) is 0 Å². The van der Waals surface area contributed by atoms with E-state index < -0.39 is 0 Å². The lowest BCUT2D eigenvalue weighted by Gasteiger charge is -2.16. The third kappa shape index (κ3) is 3.57. The average Bonchev–Trinajstić information content (AvgIpc) is 2.90. The fraction of sp³-hybridized carbons (Fsp3) is 0.400. The molecule has 1 aromatic rings. The van der Waals surface area contributed by atoms with E-state index in [1.165, 1.54) is 16.0 Å². The number of rotatable bonds is 3. The first-order valence-electron chi connectivity index (χ1n) is 6.74. The van der Waals surface area contributed by atoms with Gasteiger partial charge in [-0.3, -0.25) is 4.79 Å². The van der Waals surface area contributed by atoms with Crippen molar-refractivity contribution in [1.29, 1.82) is 0 Å². The number of benzene rings is 1. The molecular weight excluding hydrogens is 292 g/mol. The molecule has 1 aromatic carbocycles. The topological polar surface area (TPSA) is 41.1 Å². The maximum absolute atomic E-state index is 12.2. The van der Waals surface area contributed by atoms with Crippen molar-refractivity contribution in [2.24, 2.45) is 0 Å². The van der Waals surface area contributed by atoms with E-state index in [9.17, 15) is 4.79 Å². The molecule has 2 aliphatic heterocycles. The quantitative estimate of drug-likeness (QED) is 0.841. The molecule has 0 aromatic heterocycles. The SMILES string of the molecule is Cl.O=C(NCC1=CCNCC1)C1Cc2ccccc2S1. The number of nitrogens with one attached hydrogen (secondary N) is 2. The van der Waals surface area contributed by atoms with Gasteiger partial charge < -0.3 is 10.6 Å². The number of carbonyl (C=O) groups is 1. The number of carbonyl (C=O) groups excluding carboxylic acids is 1. The fourth-order valence-corrected chi connectivity index (χ4v) is 3.69. The average molecular weight is 311 g/mol. The Morgan fingerprint density at radius 2 is 2.25 bits per heavy atom. The highest BCUT2D eigenvalue weighted by Crippen LogP contribution is 2.36. The van der Waals surface area contributed by atoms with Gasteiger partial charge in [-0.2, -0.15) is 0 Å². The molecule has 0 saturated carbocycles. The number of hydrogen-bond donors (Lipinski definition) is 2. The minimum Gasteiger partial charge on any atom is -0.351 e. The number of hydrogen-bond acceptors (Lipinski definition) is 3. The molecule has 0 radical (unpaired) electrons.